The number of fused-ring (bicyclic) bond motifs is 6. The summed E-state index contributed by atoms with van der Waals surface area (Å²) >= 11 is 0. The third-order valence-corrected chi connectivity index (χ3v) is 14.4. The molecule has 0 spiro atoms. The number of hydrogen-bond donors (Lipinski definition) is 0. The van der Waals surface area contributed by atoms with E-state index in [1.807, 2.05) is 146 Å². The van der Waals surface area contributed by atoms with Crippen LogP contribution in [0.2, 0.25) is 0 Å². The molecule has 0 aliphatic heterocycles. The summed E-state index contributed by atoms with van der Waals surface area (Å²) in [5, 5.41) is 64.4. The van der Waals surface area contributed by atoms with Gasteiger partial charge in [0.05, 0.1) is 109 Å². The van der Waals surface area contributed by atoms with E-state index < -0.39 is 0 Å². The Morgan fingerprint density at radius 1 is 0.312 bits per heavy atom. The van der Waals surface area contributed by atoms with Crippen molar-refractivity contribution < 1.29 is 0 Å². The fraction of sp³-hybridized carbons (Fsp3) is 0. The van der Waals surface area contributed by atoms with Gasteiger partial charge in [0.1, 0.15) is 0 Å². The zero-order chi connectivity index (χ0) is 54.4. The normalized spacial score (nSPS) is 10.9. The Labute approximate surface area is 457 Å². The van der Waals surface area contributed by atoms with Gasteiger partial charge in [-0.05, 0) is 102 Å². The highest BCUT2D eigenvalue weighted by molar-refractivity contribution is 6.13. The summed E-state index contributed by atoms with van der Waals surface area (Å²) in [4.78, 5) is 20.6. The molecule has 0 radical (unpaired) electrons. The number of benzene rings is 9. The molecule has 0 bridgehead atoms. The lowest BCUT2D eigenvalue weighted by Crippen LogP contribution is -2.04. The second kappa shape index (κ2) is 19.4. The molecule has 4 heterocycles. The zero-order valence-corrected chi connectivity index (χ0v) is 42.0. The molecule has 13 aromatic rings. The molecule has 0 unspecified atom stereocenters. The summed E-state index contributed by atoms with van der Waals surface area (Å²) in [5.74, 6) is 1.46. The first-order valence-electron chi connectivity index (χ1n) is 25.2. The maximum atomic E-state index is 10.3. The van der Waals surface area contributed by atoms with E-state index in [-0.39, 0.29) is 33.4 Å². The highest BCUT2D eigenvalue weighted by atomic mass is 15.0. The number of hydrogen-bond acceptors (Lipinski definition) is 10. The van der Waals surface area contributed by atoms with Crippen molar-refractivity contribution in [3.8, 4) is 115 Å². The molecule has 13 rings (SSSR count). The fourth-order valence-electron chi connectivity index (χ4n) is 10.9. The summed E-state index contributed by atoms with van der Waals surface area (Å²) in [6.45, 7) is 0. The average Bonchev–Trinajstić information content (AvgIpc) is 4.06. The number of pyridine rings is 1. The van der Waals surface area contributed by atoms with Crippen LogP contribution in [0.5, 0.6) is 0 Å². The van der Waals surface area contributed by atoms with Gasteiger partial charge in [-0.1, -0.05) is 109 Å². The van der Waals surface area contributed by atoms with Crippen LogP contribution in [0.1, 0.15) is 33.4 Å². The molecule has 0 atom stereocenters. The van der Waals surface area contributed by atoms with Crippen LogP contribution in [0.3, 0.4) is 0 Å². The largest absolute Gasteiger partial charge is 0.309 e. The quantitative estimate of drug-likeness (QED) is 0.141. The van der Waals surface area contributed by atoms with Gasteiger partial charge in [0.15, 0.2) is 17.5 Å². The molecule has 9 aromatic carbocycles. The minimum atomic E-state index is 0.225. The van der Waals surface area contributed by atoms with Gasteiger partial charge in [-0.3, -0.25) is 4.98 Å². The van der Waals surface area contributed by atoms with E-state index in [0.29, 0.717) is 51.0 Å². The number of para-hydroxylation sites is 2. The van der Waals surface area contributed by atoms with Crippen molar-refractivity contribution in [3.05, 3.63) is 240 Å². The fourth-order valence-corrected chi connectivity index (χ4v) is 10.9. The number of nitrogens with zero attached hydrogens (tertiary/aromatic N) is 12. The van der Waals surface area contributed by atoms with Crippen molar-refractivity contribution in [2.45, 2.75) is 0 Å². The number of aromatic nitrogens is 6. The molecule has 4 aromatic heterocycles. The maximum Gasteiger partial charge on any atom is 0.164 e. The zero-order valence-electron chi connectivity index (χ0n) is 42.0. The molecule has 0 aliphatic rings. The predicted octanol–water partition coefficient (Wildman–Crippen LogP) is 14.7. The van der Waals surface area contributed by atoms with Gasteiger partial charge in [-0.25, -0.2) is 15.0 Å². The Kier molecular flexibility index (Phi) is 11.5. The number of rotatable bonds is 8. The van der Waals surface area contributed by atoms with E-state index in [9.17, 15) is 31.6 Å². The Bertz CT molecular complexity index is 4900. The van der Waals surface area contributed by atoms with Crippen molar-refractivity contribution in [3.63, 3.8) is 0 Å². The van der Waals surface area contributed by atoms with Crippen LogP contribution in [-0.2, 0) is 0 Å². The molecule has 12 nitrogen and oxygen atoms in total. The van der Waals surface area contributed by atoms with Gasteiger partial charge in [-0.2, -0.15) is 31.6 Å². The Hall–Kier alpha value is -12.3. The lowest BCUT2D eigenvalue weighted by Gasteiger charge is -2.19. The minimum absolute atomic E-state index is 0.225. The van der Waals surface area contributed by atoms with E-state index in [0.717, 1.165) is 71.7 Å². The molecule has 366 valence electrons. The van der Waals surface area contributed by atoms with Gasteiger partial charge in [-0.15, -0.1) is 0 Å². The van der Waals surface area contributed by atoms with Gasteiger partial charge in [0.25, 0.3) is 0 Å². The third-order valence-electron chi connectivity index (χ3n) is 14.4. The van der Waals surface area contributed by atoms with Gasteiger partial charge < -0.3 is 9.13 Å². The first-order chi connectivity index (χ1) is 39.4. The highest BCUT2D eigenvalue weighted by Crippen LogP contribution is 2.44. The van der Waals surface area contributed by atoms with Crippen LogP contribution < -0.4 is 0 Å². The highest BCUT2D eigenvalue weighted by Gasteiger charge is 2.25. The lowest BCUT2D eigenvalue weighted by molar-refractivity contribution is 1.07. The molecule has 0 fully saturated rings. The Morgan fingerprint density at radius 2 is 0.725 bits per heavy atom. The number of nitriles is 6. The molecule has 12 heteroatoms. The SMILES string of the molecule is N#Cc1cc(C#N)c(-c2ccc3c(c2)c2ccccc2n3-c2ccc(-c3nc(-c4ccccc4)nc(-c4ccccc4)n3)cc2-c2ncccc2-n2c3ccccc3c3cc(-c4c(C#N)cc(C#N)cc4C#N)ccc32)c(C#N)c1. The van der Waals surface area contributed by atoms with Crippen molar-refractivity contribution in [2.75, 3.05) is 0 Å². The smallest absolute Gasteiger partial charge is 0.164 e. The molecule has 0 aliphatic carbocycles. The van der Waals surface area contributed by atoms with Crippen LogP contribution in [-0.4, -0.2) is 29.1 Å². The van der Waals surface area contributed by atoms with Crippen molar-refractivity contribution >= 4 is 43.6 Å². The maximum absolute atomic E-state index is 10.3. The molecule has 0 N–H and O–H groups in total. The first-order valence-corrected chi connectivity index (χ1v) is 25.2. The van der Waals surface area contributed by atoms with E-state index in [4.69, 9.17) is 19.9 Å². The van der Waals surface area contributed by atoms with E-state index in [1.165, 1.54) is 24.3 Å². The summed E-state index contributed by atoms with van der Waals surface area (Å²) in [7, 11) is 0. The first kappa shape index (κ1) is 47.4. The summed E-state index contributed by atoms with van der Waals surface area (Å²) < 4.78 is 4.39. The second-order valence-corrected chi connectivity index (χ2v) is 18.9. The molecule has 0 amide bonds. The molecule has 0 saturated heterocycles. The average molecular weight is 1020 g/mol. The summed E-state index contributed by atoms with van der Waals surface area (Å²) in [5.41, 5.74) is 12.2. The molecule has 80 heavy (non-hydrogen) atoms. The summed E-state index contributed by atoms with van der Waals surface area (Å²) in [6, 6.07) is 76.8. The van der Waals surface area contributed by atoms with Crippen LogP contribution >= 0.6 is 0 Å². The molecular weight excluding hydrogens is 985 g/mol. The predicted molar refractivity (Wildman–Crippen MR) is 307 cm³/mol. The van der Waals surface area contributed by atoms with Gasteiger partial charge in [0.2, 0.25) is 0 Å². The van der Waals surface area contributed by atoms with Gasteiger partial charge >= 0.3 is 0 Å². The Balaban J connectivity index is 1.09. The molecular formula is C68H34N12. The van der Waals surface area contributed by atoms with Crippen molar-refractivity contribution in [1.82, 2.24) is 29.1 Å². The standard InChI is InChI=1S/C68H34N12/c69-35-41-28-48(37-71)63(49(29-41)38-72)45-21-24-59-54(32-45)52-16-7-9-18-57(52)79(59)61-26-23-47(68-77-66(43-12-3-1-4-13-43)76-67(78-68)44-14-5-2-6-15-44)34-56(61)65-62(20-11-27-75-65)80-58-19-10-8-17-53(58)55-33-46(22-25-60(55)80)64-50(39-73)30-42(36-70)31-51(64)40-74/h1-34H. The van der Waals surface area contributed by atoms with Crippen LogP contribution in [0.15, 0.2) is 206 Å². The van der Waals surface area contributed by atoms with E-state index >= 15 is 0 Å². The topological polar surface area (TPSA) is 204 Å². The minimum Gasteiger partial charge on any atom is -0.309 e. The van der Waals surface area contributed by atoms with E-state index in [1.54, 1.807) is 6.20 Å². The third kappa shape index (κ3) is 7.80. The van der Waals surface area contributed by atoms with Crippen molar-refractivity contribution in [1.29, 1.82) is 31.6 Å². The van der Waals surface area contributed by atoms with E-state index in [2.05, 4.69) is 75.9 Å². The van der Waals surface area contributed by atoms with Crippen LogP contribution in [0.25, 0.3) is 123 Å². The van der Waals surface area contributed by atoms with Crippen LogP contribution in [0.4, 0.5) is 0 Å². The molecule has 0 saturated carbocycles. The Morgan fingerprint density at radius 3 is 1.19 bits per heavy atom. The van der Waals surface area contributed by atoms with Crippen molar-refractivity contribution in [2.24, 2.45) is 0 Å². The van der Waals surface area contributed by atoms with Crippen LogP contribution in [0, 0.1) is 68.0 Å². The lowest BCUT2D eigenvalue weighted by atomic mass is 9.92. The monoisotopic (exact) mass is 1020 g/mol. The summed E-state index contributed by atoms with van der Waals surface area (Å²) in [6.07, 6.45) is 1.78. The van der Waals surface area contributed by atoms with Gasteiger partial charge in [0, 0.05) is 61.1 Å². The second-order valence-electron chi connectivity index (χ2n) is 18.9.